The van der Waals surface area contributed by atoms with Crippen molar-refractivity contribution in [2.45, 2.75) is 6.42 Å². The van der Waals surface area contributed by atoms with Crippen LogP contribution in [0.5, 0.6) is 0 Å². The fourth-order valence-corrected chi connectivity index (χ4v) is 2.95. The van der Waals surface area contributed by atoms with Crippen molar-refractivity contribution in [3.05, 3.63) is 52.4 Å². The Morgan fingerprint density at radius 2 is 2.19 bits per heavy atom. The molecule has 0 amide bonds. The van der Waals surface area contributed by atoms with Crippen LogP contribution >= 0.6 is 27.5 Å². The number of aromatic nitrogens is 3. The second-order valence-corrected chi connectivity index (χ2v) is 5.66. The number of fused-ring (bicyclic) bond motifs is 1. The van der Waals surface area contributed by atoms with Crippen LogP contribution in [-0.4, -0.2) is 20.4 Å². The number of pyridine rings is 1. The largest absolute Gasteiger partial charge is 0.280 e. The molecule has 0 aliphatic carbocycles. The molecule has 0 bridgehead atoms. The van der Waals surface area contributed by atoms with Gasteiger partial charge in [0, 0.05) is 23.0 Å². The molecule has 3 aromatic rings. The van der Waals surface area contributed by atoms with Crippen molar-refractivity contribution >= 4 is 38.7 Å². The molecule has 4 nitrogen and oxygen atoms in total. The zero-order valence-electron chi connectivity index (χ0n) is 10.9. The smallest absolute Gasteiger partial charge is 0.164 e. The maximum Gasteiger partial charge on any atom is 0.164 e. The maximum absolute atomic E-state index is 8.97. The Morgan fingerprint density at radius 3 is 2.90 bits per heavy atom. The van der Waals surface area contributed by atoms with Gasteiger partial charge in [-0.3, -0.25) is 4.57 Å². The van der Waals surface area contributed by atoms with Crippen LogP contribution in [-0.2, 0) is 6.42 Å². The average molecular weight is 362 g/mol. The Kier molecular flexibility index (Phi) is 3.91. The summed E-state index contributed by atoms with van der Waals surface area (Å²) >= 11 is 9.40. The van der Waals surface area contributed by atoms with E-state index in [0.29, 0.717) is 17.9 Å². The van der Waals surface area contributed by atoms with E-state index in [4.69, 9.17) is 16.9 Å². The number of hydrogen-bond donors (Lipinski definition) is 0. The van der Waals surface area contributed by atoms with Crippen LogP contribution < -0.4 is 0 Å². The quantitative estimate of drug-likeness (QED) is 0.666. The van der Waals surface area contributed by atoms with Gasteiger partial charge in [-0.2, -0.15) is 5.26 Å². The molecule has 104 valence electrons. The lowest BCUT2D eigenvalue weighted by Gasteiger charge is -2.10. The number of benzene rings is 1. The van der Waals surface area contributed by atoms with Crippen molar-refractivity contribution in [1.82, 2.24) is 14.5 Å². The number of imidazole rings is 1. The highest BCUT2D eigenvalue weighted by Crippen LogP contribution is 2.27. The highest BCUT2D eigenvalue weighted by Gasteiger charge is 2.15. The first-order valence-corrected chi connectivity index (χ1v) is 7.65. The van der Waals surface area contributed by atoms with Crippen molar-refractivity contribution in [2.24, 2.45) is 0 Å². The number of rotatable bonds is 3. The minimum absolute atomic E-state index is 0.483. The van der Waals surface area contributed by atoms with Crippen LogP contribution in [0.1, 0.15) is 11.4 Å². The van der Waals surface area contributed by atoms with Gasteiger partial charge in [-0.05, 0) is 46.3 Å². The second kappa shape index (κ2) is 5.84. The number of hydrogen-bond acceptors (Lipinski definition) is 3. The van der Waals surface area contributed by atoms with Gasteiger partial charge >= 0.3 is 0 Å². The zero-order valence-corrected chi connectivity index (χ0v) is 13.3. The van der Waals surface area contributed by atoms with Gasteiger partial charge in [0.15, 0.2) is 5.65 Å². The van der Waals surface area contributed by atoms with Crippen LogP contribution in [0.3, 0.4) is 0 Å². The Balaban J connectivity index is 2.28. The van der Waals surface area contributed by atoms with E-state index in [2.05, 4.69) is 32.0 Å². The first-order valence-electron chi connectivity index (χ1n) is 6.33. The topological polar surface area (TPSA) is 54.5 Å². The van der Waals surface area contributed by atoms with Gasteiger partial charge < -0.3 is 0 Å². The zero-order chi connectivity index (χ0) is 14.8. The summed E-state index contributed by atoms with van der Waals surface area (Å²) in [6.45, 7) is 0. The SMILES string of the molecule is N#Cc1ccc(-n2c(CCCl)nc3cccnc32)c(Br)c1. The molecule has 0 radical (unpaired) electrons. The lowest BCUT2D eigenvalue weighted by Crippen LogP contribution is -2.04. The predicted molar refractivity (Wildman–Crippen MR) is 85.7 cm³/mol. The van der Waals surface area contributed by atoms with Gasteiger partial charge in [-0.15, -0.1) is 11.6 Å². The third-order valence-corrected chi connectivity index (χ3v) is 3.95. The first-order chi connectivity index (χ1) is 10.2. The number of alkyl halides is 1. The third kappa shape index (κ3) is 2.53. The van der Waals surface area contributed by atoms with Crippen LogP contribution in [0, 0.1) is 11.3 Å². The van der Waals surface area contributed by atoms with Gasteiger partial charge in [0.2, 0.25) is 0 Å². The lowest BCUT2D eigenvalue weighted by atomic mass is 10.2. The molecule has 0 saturated carbocycles. The summed E-state index contributed by atoms with van der Waals surface area (Å²) in [7, 11) is 0. The molecule has 0 aliphatic rings. The van der Waals surface area contributed by atoms with Gasteiger partial charge in [0.25, 0.3) is 0 Å². The van der Waals surface area contributed by atoms with E-state index in [9.17, 15) is 0 Å². The van der Waals surface area contributed by atoms with Crippen LogP contribution in [0.2, 0.25) is 0 Å². The Morgan fingerprint density at radius 1 is 1.33 bits per heavy atom. The van der Waals surface area contributed by atoms with E-state index in [-0.39, 0.29) is 0 Å². The molecular formula is C15H10BrClN4. The van der Waals surface area contributed by atoms with E-state index in [0.717, 1.165) is 27.1 Å². The first kappa shape index (κ1) is 14.1. The molecule has 2 heterocycles. The Hall–Kier alpha value is -1.90. The summed E-state index contributed by atoms with van der Waals surface area (Å²) in [5.74, 6) is 1.33. The fraction of sp³-hybridized carbons (Fsp3) is 0.133. The van der Waals surface area contributed by atoms with E-state index in [1.807, 2.05) is 22.8 Å². The second-order valence-electron chi connectivity index (χ2n) is 4.43. The van der Waals surface area contributed by atoms with Gasteiger partial charge in [-0.1, -0.05) is 0 Å². The molecule has 0 unspecified atom stereocenters. The molecule has 0 saturated heterocycles. The number of halogens is 2. The normalized spacial score (nSPS) is 10.7. The van der Waals surface area contributed by atoms with Gasteiger partial charge in [0.1, 0.15) is 11.3 Å². The molecule has 3 rings (SSSR count). The van der Waals surface area contributed by atoms with Crippen molar-refractivity contribution in [2.75, 3.05) is 5.88 Å². The Labute approximate surface area is 135 Å². The average Bonchev–Trinajstić information content (AvgIpc) is 2.85. The highest BCUT2D eigenvalue weighted by molar-refractivity contribution is 9.10. The van der Waals surface area contributed by atoms with Crippen LogP contribution in [0.4, 0.5) is 0 Å². The minimum Gasteiger partial charge on any atom is -0.280 e. The molecule has 1 aromatic carbocycles. The summed E-state index contributed by atoms with van der Waals surface area (Å²) in [4.78, 5) is 9.01. The number of nitrogens with zero attached hydrogens (tertiary/aromatic N) is 4. The third-order valence-electron chi connectivity index (χ3n) is 3.12. The molecule has 0 atom stereocenters. The van der Waals surface area contributed by atoms with Crippen molar-refractivity contribution in [1.29, 1.82) is 5.26 Å². The summed E-state index contributed by atoms with van der Waals surface area (Å²) in [6, 6.07) is 11.4. The molecule has 6 heteroatoms. The molecule has 0 spiro atoms. The van der Waals surface area contributed by atoms with E-state index < -0.39 is 0 Å². The molecule has 0 fully saturated rings. The van der Waals surface area contributed by atoms with Crippen molar-refractivity contribution < 1.29 is 0 Å². The van der Waals surface area contributed by atoms with E-state index >= 15 is 0 Å². The van der Waals surface area contributed by atoms with Crippen LogP contribution in [0.25, 0.3) is 16.9 Å². The molecule has 0 aliphatic heterocycles. The summed E-state index contributed by atoms with van der Waals surface area (Å²) in [5.41, 5.74) is 3.11. The molecular weight excluding hydrogens is 352 g/mol. The lowest BCUT2D eigenvalue weighted by molar-refractivity contribution is 0.902. The molecule has 0 N–H and O–H groups in total. The number of aryl methyl sites for hydroxylation is 1. The molecule has 2 aromatic heterocycles. The van der Waals surface area contributed by atoms with Crippen molar-refractivity contribution in [3.63, 3.8) is 0 Å². The maximum atomic E-state index is 8.97. The fourth-order valence-electron chi connectivity index (χ4n) is 2.22. The Bertz CT molecular complexity index is 850. The molecule has 21 heavy (non-hydrogen) atoms. The summed E-state index contributed by atoms with van der Waals surface area (Å²) < 4.78 is 2.80. The van der Waals surface area contributed by atoms with E-state index in [1.165, 1.54) is 0 Å². The van der Waals surface area contributed by atoms with Gasteiger partial charge in [0.05, 0.1) is 17.3 Å². The standard InChI is InChI=1S/C15H10BrClN4/c16-11-8-10(9-18)3-4-13(11)21-14(5-6-17)20-12-2-1-7-19-15(12)21/h1-4,7-8H,5-6H2. The summed E-state index contributed by atoms with van der Waals surface area (Å²) in [6.07, 6.45) is 2.38. The predicted octanol–water partition coefficient (Wildman–Crippen LogP) is 3.84. The minimum atomic E-state index is 0.483. The van der Waals surface area contributed by atoms with Crippen LogP contribution in [0.15, 0.2) is 41.0 Å². The van der Waals surface area contributed by atoms with E-state index in [1.54, 1.807) is 18.3 Å². The highest BCUT2D eigenvalue weighted by atomic mass is 79.9. The van der Waals surface area contributed by atoms with Crippen molar-refractivity contribution in [3.8, 4) is 11.8 Å². The number of nitriles is 1. The monoisotopic (exact) mass is 360 g/mol. The van der Waals surface area contributed by atoms with Gasteiger partial charge in [-0.25, -0.2) is 9.97 Å². The summed E-state index contributed by atoms with van der Waals surface area (Å²) in [5, 5.41) is 8.97.